The van der Waals surface area contributed by atoms with E-state index in [4.69, 9.17) is 9.84 Å². The Labute approximate surface area is 124 Å². The number of carboxylic acid groups (broad SMARTS) is 1. The Bertz CT molecular complexity index is 490. The zero-order valence-electron chi connectivity index (χ0n) is 12.6. The van der Waals surface area contributed by atoms with E-state index in [0.717, 1.165) is 5.56 Å². The number of hydrogen-bond donors (Lipinski definition) is 2. The predicted molar refractivity (Wildman–Crippen MR) is 80.6 cm³/mol. The van der Waals surface area contributed by atoms with Crippen LogP contribution in [0.1, 0.15) is 18.9 Å². The van der Waals surface area contributed by atoms with E-state index in [-0.39, 0.29) is 25.0 Å². The molecule has 116 valence electrons. The molecular weight excluding hydrogens is 272 g/mol. The van der Waals surface area contributed by atoms with E-state index in [9.17, 15) is 9.59 Å². The van der Waals surface area contributed by atoms with Crippen molar-refractivity contribution in [2.75, 3.05) is 25.2 Å². The summed E-state index contributed by atoms with van der Waals surface area (Å²) in [6, 6.07) is 6.91. The lowest BCUT2D eigenvalue weighted by Crippen LogP contribution is -2.46. The summed E-state index contributed by atoms with van der Waals surface area (Å²) < 4.78 is 4.98. The van der Waals surface area contributed by atoms with Crippen LogP contribution < -0.4 is 10.2 Å². The van der Waals surface area contributed by atoms with Gasteiger partial charge in [0, 0.05) is 19.3 Å². The smallest absolute Gasteiger partial charge is 0.322 e. The number of nitrogens with one attached hydrogen (secondary N) is 1. The summed E-state index contributed by atoms with van der Waals surface area (Å²) in [5.74, 6) is -0.939. The quantitative estimate of drug-likeness (QED) is 0.806. The van der Waals surface area contributed by atoms with Gasteiger partial charge in [-0.15, -0.1) is 0 Å². The van der Waals surface area contributed by atoms with Gasteiger partial charge in [-0.2, -0.15) is 0 Å². The third-order valence-electron chi connectivity index (χ3n) is 2.99. The Morgan fingerprint density at radius 3 is 2.62 bits per heavy atom. The highest BCUT2D eigenvalue weighted by Gasteiger charge is 2.19. The fourth-order valence-corrected chi connectivity index (χ4v) is 1.99. The molecule has 0 bridgehead atoms. The molecule has 0 spiro atoms. The summed E-state index contributed by atoms with van der Waals surface area (Å²) in [7, 11) is 1.56. The molecule has 0 aliphatic heterocycles. The number of carbonyl (C=O) groups excluding carboxylic acids is 1. The van der Waals surface area contributed by atoms with Gasteiger partial charge in [0.25, 0.3) is 0 Å². The molecule has 2 N–H and O–H groups in total. The normalized spacial score (nSPS) is 11.8. The van der Waals surface area contributed by atoms with Gasteiger partial charge in [0.15, 0.2) is 0 Å². The van der Waals surface area contributed by atoms with Crippen molar-refractivity contribution in [1.82, 2.24) is 5.32 Å². The summed E-state index contributed by atoms with van der Waals surface area (Å²) >= 11 is 0. The molecule has 0 aliphatic rings. The standard InChI is InChI=1S/C15H22N2O4/c1-11-6-4-5-7-13(11)17(9-8-14(18)19)15(20)16-12(2)10-21-3/h4-7,12H,8-10H2,1-3H3,(H,16,20)(H,18,19). The lowest BCUT2D eigenvalue weighted by molar-refractivity contribution is -0.136. The largest absolute Gasteiger partial charge is 0.481 e. The molecule has 21 heavy (non-hydrogen) atoms. The van der Waals surface area contributed by atoms with Gasteiger partial charge in [0.05, 0.1) is 19.1 Å². The van der Waals surface area contributed by atoms with E-state index in [1.54, 1.807) is 13.2 Å². The number of amides is 2. The van der Waals surface area contributed by atoms with Crippen molar-refractivity contribution in [3.63, 3.8) is 0 Å². The van der Waals surface area contributed by atoms with Crippen LogP contribution in [0.3, 0.4) is 0 Å². The van der Waals surface area contributed by atoms with Crippen molar-refractivity contribution in [2.24, 2.45) is 0 Å². The Morgan fingerprint density at radius 1 is 1.38 bits per heavy atom. The number of aryl methyl sites for hydroxylation is 1. The zero-order chi connectivity index (χ0) is 15.8. The summed E-state index contributed by atoms with van der Waals surface area (Å²) in [4.78, 5) is 24.6. The van der Waals surface area contributed by atoms with Gasteiger partial charge in [-0.25, -0.2) is 4.79 Å². The predicted octanol–water partition coefficient (Wildman–Crippen LogP) is 2.02. The second kappa shape index (κ2) is 8.26. The van der Waals surface area contributed by atoms with E-state index in [0.29, 0.717) is 12.3 Å². The highest BCUT2D eigenvalue weighted by Crippen LogP contribution is 2.20. The molecule has 0 saturated carbocycles. The molecule has 1 aromatic carbocycles. The summed E-state index contributed by atoms with van der Waals surface area (Å²) in [5, 5.41) is 11.6. The van der Waals surface area contributed by atoms with Crippen molar-refractivity contribution in [1.29, 1.82) is 0 Å². The van der Waals surface area contributed by atoms with E-state index in [1.165, 1.54) is 4.90 Å². The number of hydrogen-bond acceptors (Lipinski definition) is 3. The van der Waals surface area contributed by atoms with Crippen LogP contribution >= 0.6 is 0 Å². The zero-order valence-corrected chi connectivity index (χ0v) is 12.6. The lowest BCUT2D eigenvalue weighted by atomic mass is 10.2. The van der Waals surface area contributed by atoms with Gasteiger partial charge in [0.1, 0.15) is 0 Å². The highest BCUT2D eigenvalue weighted by molar-refractivity contribution is 5.93. The number of urea groups is 1. The van der Waals surface area contributed by atoms with Crippen LogP contribution in [0.2, 0.25) is 0 Å². The third kappa shape index (κ3) is 5.43. The van der Waals surface area contributed by atoms with Crippen molar-refractivity contribution >= 4 is 17.7 Å². The van der Waals surface area contributed by atoms with Crippen molar-refractivity contribution < 1.29 is 19.4 Å². The molecule has 0 aliphatic carbocycles. The number of benzene rings is 1. The summed E-state index contributed by atoms with van der Waals surface area (Å²) in [6.45, 7) is 4.22. The number of carboxylic acids is 1. The summed E-state index contributed by atoms with van der Waals surface area (Å²) in [6.07, 6.45) is -0.111. The van der Waals surface area contributed by atoms with Crippen LogP contribution in [0.5, 0.6) is 0 Å². The van der Waals surface area contributed by atoms with Crippen LogP contribution in [0, 0.1) is 6.92 Å². The van der Waals surface area contributed by atoms with Crippen LogP contribution in [0.15, 0.2) is 24.3 Å². The van der Waals surface area contributed by atoms with E-state index in [2.05, 4.69) is 5.32 Å². The molecule has 6 nitrogen and oxygen atoms in total. The van der Waals surface area contributed by atoms with Gasteiger partial charge in [0.2, 0.25) is 0 Å². The number of methoxy groups -OCH3 is 1. The first-order valence-corrected chi connectivity index (χ1v) is 6.80. The van der Waals surface area contributed by atoms with Crippen molar-refractivity contribution in [3.05, 3.63) is 29.8 Å². The SMILES string of the molecule is COCC(C)NC(=O)N(CCC(=O)O)c1ccccc1C. The van der Waals surface area contributed by atoms with Crippen LogP contribution in [0.4, 0.5) is 10.5 Å². The maximum absolute atomic E-state index is 12.4. The lowest BCUT2D eigenvalue weighted by Gasteiger charge is -2.26. The molecular formula is C15H22N2O4. The second-order valence-electron chi connectivity index (χ2n) is 4.89. The van der Waals surface area contributed by atoms with Gasteiger partial charge in [-0.05, 0) is 25.5 Å². The van der Waals surface area contributed by atoms with Crippen LogP contribution in [0.25, 0.3) is 0 Å². The number of carbonyl (C=O) groups is 2. The maximum atomic E-state index is 12.4. The minimum atomic E-state index is -0.939. The molecule has 0 radical (unpaired) electrons. The molecule has 0 fully saturated rings. The fourth-order valence-electron chi connectivity index (χ4n) is 1.99. The maximum Gasteiger partial charge on any atom is 0.322 e. The molecule has 6 heteroatoms. The number of rotatable bonds is 7. The van der Waals surface area contributed by atoms with E-state index in [1.807, 2.05) is 32.0 Å². The number of aliphatic carboxylic acids is 1. The Hall–Kier alpha value is -2.08. The fraction of sp³-hybridized carbons (Fsp3) is 0.467. The topological polar surface area (TPSA) is 78.9 Å². The molecule has 2 amide bonds. The first kappa shape index (κ1) is 17.0. The number of nitrogens with zero attached hydrogens (tertiary/aromatic N) is 1. The third-order valence-corrected chi connectivity index (χ3v) is 2.99. The second-order valence-corrected chi connectivity index (χ2v) is 4.89. The molecule has 0 aromatic heterocycles. The number of para-hydroxylation sites is 1. The molecule has 1 unspecified atom stereocenters. The molecule has 0 heterocycles. The molecule has 1 atom stereocenters. The van der Waals surface area contributed by atoms with Gasteiger partial charge in [-0.1, -0.05) is 18.2 Å². The van der Waals surface area contributed by atoms with Crippen molar-refractivity contribution in [2.45, 2.75) is 26.3 Å². The minimum absolute atomic E-state index is 0.111. The number of ether oxygens (including phenoxy) is 1. The van der Waals surface area contributed by atoms with E-state index >= 15 is 0 Å². The summed E-state index contributed by atoms with van der Waals surface area (Å²) in [5.41, 5.74) is 1.62. The van der Waals surface area contributed by atoms with E-state index < -0.39 is 5.97 Å². The highest BCUT2D eigenvalue weighted by atomic mass is 16.5. The van der Waals surface area contributed by atoms with Crippen LogP contribution in [-0.2, 0) is 9.53 Å². The van der Waals surface area contributed by atoms with Crippen molar-refractivity contribution in [3.8, 4) is 0 Å². The Balaban J connectivity index is 2.89. The Morgan fingerprint density at radius 2 is 2.05 bits per heavy atom. The minimum Gasteiger partial charge on any atom is -0.481 e. The van der Waals surface area contributed by atoms with Gasteiger partial charge >= 0.3 is 12.0 Å². The van der Waals surface area contributed by atoms with Crippen LogP contribution in [-0.4, -0.2) is 43.4 Å². The average molecular weight is 294 g/mol. The van der Waals surface area contributed by atoms with Gasteiger partial charge < -0.3 is 15.2 Å². The molecule has 0 saturated heterocycles. The first-order valence-electron chi connectivity index (χ1n) is 6.80. The first-order chi connectivity index (χ1) is 9.95. The Kier molecular flexibility index (Phi) is 6.68. The number of anilines is 1. The molecule has 1 rings (SSSR count). The monoisotopic (exact) mass is 294 g/mol. The average Bonchev–Trinajstić information content (AvgIpc) is 2.40. The van der Waals surface area contributed by atoms with Gasteiger partial charge in [-0.3, -0.25) is 9.69 Å². The molecule has 1 aromatic rings.